The number of amides is 1. The molecule has 1 amide bonds. The van der Waals surface area contributed by atoms with Crippen molar-refractivity contribution in [3.63, 3.8) is 0 Å². The van der Waals surface area contributed by atoms with Gasteiger partial charge in [0.25, 0.3) is 11.5 Å². The maximum atomic E-state index is 13.3. The fraction of sp³-hybridized carbons (Fsp3) is 0.368. The van der Waals surface area contributed by atoms with Crippen molar-refractivity contribution >= 4 is 63.5 Å². The maximum Gasteiger partial charge on any atom is 0.267 e. The number of aromatic nitrogens is 2. The third-order valence-corrected chi connectivity index (χ3v) is 6.98. The molecule has 0 saturated carbocycles. The van der Waals surface area contributed by atoms with Gasteiger partial charge in [-0.25, -0.2) is 4.98 Å². The van der Waals surface area contributed by atoms with Gasteiger partial charge in [0, 0.05) is 37.3 Å². The van der Waals surface area contributed by atoms with Crippen molar-refractivity contribution in [3.05, 3.63) is 45.2 Å². The minimum absolute atomic E-state index is 0.130. The molecule has 0 bridgehead atoms. The highest BCUT2D eigenvalue weighted by atomic mass is 32.2. The van der Waals surface area contributed by atoms with Crippen LogP contribution in [0.25, 0.3) is 11.7 Å². The summed E-state index contributed by atoms with van der Waals surface area (Å²) in [5.41, 5.74) is 0.892. The van der Waals surface area contributed by atoms with Crippen LogP contribution in [0.4, 0.5) is 5.82 Å². The van der Waals surface area contributed by atoms with E-state index in [-0.39, 0.29) is 11.5 Å². The first-order chi connectivity index (χ1) is 13.6. The standard InChI is InChI=1S/C19H20N4O2S3/c1-2-6-23-18(25)14(28-19(23)26)12-13-16(21-8-10-27-11-9-21)20-15-5-3-4-7-22(15)17(13)24/h3-5,7,12H,2,6,8-11H2,1H3/b14-12+. The second-order valence-electron chi connectivity index (χ2n) is 6.52. The van der Waals surface area contributed by atoms with Gasteiger partial charge in [0.15, 0.2) is 0 Å². The van der Waals surface area contributed by atoms with Crippen molar-refractivity contribution in [1.29, 1.82) is 0 Å². The molecule has 2 aromatic heterocycles. The van der Waals surface area contributed by atoms with Gasteiger partial charge in [-0.2, -0.15) is 11.8 Å². The fourth-order valence-corrected chi connectivity index (χ4v) is 5.47. The summed E-state index contributed by atoms with van der Waals surface area (Å²) >= 11 is 8.51. The Morgan fingerprint density at radius 1 is 1.25 bits per heavy atom. The summed E-state index contributed by atoms with van der Waals surface area (Å²) in [6.07, 6.45) is 4.22. The van der Waals surface area contributed by atoms with Crippen LogP contribution in [0.15, 0.2) is 34.1 Å². The number of hydrogen-bond acceptors (Lipinski definition) is 7. The molecule has 4 heterocycles. The first kappa shape index (κ1) is 19.5. The number of nitrogens with zero attached hydrogens (tertiary/aromatic N) is 4. The van der Waals surface area contributed by atoms with Gasteiger partial charge < -0.3 is 4.90 Å². The van der Waals surface area contributed by atoms with Crippen LogP contribution in [0, 0.1) is 0 Å². The lowest BCUT2D eigenvalue weighted by atomic mass is 10.2. The van der Waals surface area contributed by atoms with Crippen LogP contribution in [0.1, 0.15) is 18.9 Å². The Kier molecular flexibility index (Phi) is 5.75. The Bertz CT molecular complexity index is 1030. The van der Waals surface area contributed by atoms with Crippen molar-refractivity contribution in [2.24, 2.45) is 0 Å². The predicted octanol–water partition coefficient (Wildman–Crippen LogP) is 2.86. The summed E-state index contributed by atoms with van der Waals surface area (Å²) < 4.78 is 2.07. The molecule has 0 aliphatic carbocycles. The Morgan fingerprint density at radius 3 is 2.79 bits per heavy atom. The molecule has 2 aliphatic rings. The van der Waals surface area contributed by atoms with Crippen LogP contribution in [-0.4, -0.2) is 55.7 Å². The van der Waals surface area contributed by atoms with Gasteiger partial charge >= 0.3 is 0 Å². The van der Waals surface area contributed by atoms with Crippen LogP contribution in [0.2, 0.25) is 0 Å². The van der Waals surface area contributed by atoms with Crippen molar-refractivity contribution in [2.75, 3.05) is 36.0 Å². The molecule has 2 aliphatic heterocycles. The summed E-state index contributed by atoms with van der Waals surface area (Å²) in [5.74, 6) is 2.51. The number of rotatable bonds is 4. The Labute approximate surface area is 177 Å². The van der Waals surface area contributed by atoms with Crippen LogP contribution < -0.4 is 10.5 Å². The lowest BCUT2D eigenvalue weighted by Gasteiger charge is -2.28. The summed E-state index contributed by atoms with van der Waals surface area (Å²) in [6, 6.07) is 5.50. The van der Waals surface area contributed by atoms with Gasteiger partial charge in [-0.05, 0) is 24.6 Å². The topological polar surface area (TPSA) is 57.9 Å². The van der Waals surface area contributed by atoms with Gasteiger partial charge in [0.05, 0.1) is 10.5 Å². The average molecular weight is 433 g/mol. The zero-order valence-corrected chi connectivity index (χ0v) is 17.9. The van der Waals surface area contributed by atoms with E-state index in [0.29, 0.717) is 32.8 Å². The third-order valence-electron chi connectivity index (χ3n) is 4.66. The minimum atomic E-state index is -0.167. The average Bonchev–Trinajstić information content (AvgIpc) is 2.98. The number of thiocarbonyl (C=S) groups is 1. The number of thioether (sulfide) groups is 2. The number of anilines is 1. The van der Waals surface area contributed by atoms with Crippen molar-refractivity contribution in [1.82, 2.24) is 14.3 Å². The molecule has 2 aromatic rings. The summed E-state index contributed by atoms with van der Waals surface area (Å²) in [4.78, 5) is 35.0. The second kappa shape index (κ2) is 8.26. The van der Waals surface area contributed by atoms with Gasteiger partial charge in [0.1, 0.15) is 15.8 Å². The molecule has 4 rings (SSSR count). The van der Waals surface area contributed by atoms with E-state index in [9.17, 15) is 9.59 Å². The number of hydrogen-bond donors (Lipinski definition) is 0. The second-order valence-corrected chi connectivity index (χ2v) is 9.42. The van der Waals surface area contributed by atoms with Gasteiger partial charge in [-0.3, -0.25) is 18.9 Å². The van der Waals surface area contributed by atoms with Gasteiger partial charge in [-0.15, -0.1) is 0 Å². The molecule has 0 radical (unpaired) electrons. The minimum Gasteiger partial charge on any atom is -0.354 e. The van der Waals surface area contributed by atoms with Crippen molar-refractivity contribution in [2.45, 2.75) is 13.3 Å². The molecular formula is C19H20N4O2S3. The van der Waals surface area contributed by atoms with Crippen LogP contribution in [0.3, 0.4) is 0 Å². The van der Waals surface area contributed by atoms with Crippen LogP contribution >= 0.6 is 35.7 Å². The van der Waals surface area contributed by atoms with E-state index in [0.717, 1.165) is 31.0 Å². The van der Waals surface area contributed by atoms with Crippen LogP contribution in [-0.2, 0) is 4.79 Å². The predicted molar refractivity (Wildman–Crippen MR) is 121 cm³/mol. The van der Waals surface area contributed by atoms with E-state index < -0.39 is 0 Å². The highest BCUT2D eigenvalue weighted by Gasteiger charge is 2.32. The largest absolute Gasteiger partial charge is 0.354 e. The lowest BCUT2D eigenvalue weighted by molar-refractivity contribution is -0.122. The molecule has 9 heteroatoms. The Balaban J connectivity index is 1.85. The molecule has 0 aromatic carbocycles. The van der Waals surface area contributed by atoms with E-state index in [4.69, 9.17) is 17.2 Å². The highest BCUT2D eigenvalue weighted by Crippen LogP contribution is 2.33. The van der Waals surface area contributed by atoms with E-state index >= 15 is 0 Å². The van der Waals surface area contributed by atoms with E-state index in [1.54, 1.807) is 23.2 Å². The number of carbonyl (C=O) groups is 1. The van der Waals surface area contributed by atoms with E-state index in [2.05, 4.69) is 4.90 Å². The lowest BCUT2D eigenvalue weighted by Crippen LogP contribution is -2.36. The molecule has 0 unspecified atom stereocenters. The quantitative estimate of drug-likeness (QED) is 0.544. The smallest absolute Gasteiger partial charge is 0.267 e. The molecular weight excluding hydrogens is 412 g/mol. The number of fused-ring (bicyclic) bond motifs is 1. The summed E-state index contributed by atoms with van der Waals surface area (Å²) in [7, 11) is 0. The van der Waals surface area contributed by atoms with Gasteiger partial charge in [-0.1, -0.05) is 37.0 Å². The Morgan fingerprint density at radius 2 is 2.04 bits per heavy atom. The maximum absolute atomic E-state index is 13.3. The van der Waals surface area contributed by atoms with Gasteiger partial charge in [0.2, 0.25) is 0 Å². The molecule has 28 heavy (non-hydrogen) atoms. The fourth-order valence-electron chi connectivity index (χ4n) is 3.28. The SMILES string of the molecule is CCCN1C(=O)/C(=C\c2c(N3CCSCC3)nc3ccccn3c2=O)SC1=S. The zero-order valence-electron chi connectivity index (χ0n) is 15.5. The molecule has 146 valence electrons. The molecule has 0 N–H and O–H groups in total. The van der Waals surface area contributed by atoms with E-state index in [1.807, 2.05) is 30.8 Å². The van der Waals surface area contributed by atoms with Crippen molar-refractivity contribution in [3.8, 4) is 0 Å². The first-order valence-electron chi connectivity index (χ1n) is 9.19. The molecule has 0 spiro atoms. The van der Waals surface area contributed by atoms with Crippen LogP contribution in [0.5, 0.6) is 0 Å². The number of pyridine rings is 1. The summed E-state index contributed by atoms with van der Waals surface area (Å²) in [5, 5.41) is 0. The Hall–Kier alpha value is -1.84. The monoisotopic (exact) mass is 432 g/mol. The van der Waals surface area contributed by atoms with E-state index in [1.165, 1.54) is 16.2 Å². The first-order valence-corrected chi connectivity index (χ1v) is 11.6. The number of carbonyl (C=O) groups excluding carboxylic acids is 1. The molecule has 2 fully saturated rings. The molecule has 0 atom stereocenters. The molecule has 2 saturated heterocycles. The normalized spacial score (nSPS) is 19.2. The zero-order chi connectivity index (χ0) is 19.7. The van der Waals surface area contributed by atoms with Crippen molar-refractivity contribution < 1.29 is 4.79 Å². The highest BCUT2D eigenvalue weighted by molar-refractivity contribution is 8.26. The summed E-state index contributed by atoms with van der Waals surface area (Å²) in [6.45, 7) is 4.26. The third kappa shape index (κ3) is 3.58. The molecule has 6 nitrogen and oxygen atoms in total.